The summed E-state index contributed by atoms with van der Waals surface area (Å²) < 4.78 is 4.86. The maximum Gasteiger partial charge on any atom is 0.221 e. The number of nitrogens with one attached hydrogen (secondary N) is 1. The van der Waals surface area contributed by atoms with Gasteiger partial charge in [-0.3, -0.25) is 4.79 Å². The zero-order chi connectivity index (χ0) is 11.4. The maximum absolute atomic E-state index is 10.8. The molecule has 5 heteroatoms. The largest absolute Gasteiger partial charge is 0.503 e. The highest BCUT2D eigenvalue weighted by atomic mass is 16.5. The number of hydrogen-bond acceptors (Lipinski definition) is 4. The number of anilines is 1. The molecular formula is C10H10N2O3. The maximum atomic E-state index is 10.8. The van der Waals surface area contributed by atoms with Crippen LogP contribution in [0.25, 0.3) is 0 Å². The van der Waals surface area contributed by atoms with E-state index in [1.54, 1.807) is 0 Å². The molecular weight excluding hydrogens is 196 g/mol. The Kier molecular flexibility index (Phi) is 3.13. The van der Waals surface area contributed by atoms with Gasteiger partial charge < -0.3 is 15.2 Å². The highest BCUT2D eigenvalue weighted by Crippen LogP contribution is 2.35. The molecule has 0 radical (unpaired) electrons. The molecule has 0 unspecified atom stereocenters. The molecule has 0 saturated heterocycles. The number of amides is 1. The normalized spacial score (nSPS) is 9.13. The molecule has 0 aliphatic heterocycles. The van der Waals surface area contributed by atoms with E-state index in [-0.39, 0.29) is 23.1 Å². The third-order valence-corrected chi connectivity index (χ3v) is 1.73. The van der Waals surface area contributed by atoms with Crippen LogP contribution in [0.4, 0.5) is 5.69 Å². The van der Waals surface area contributed by atoms with E-state index in [1.165, 1.54) is 26.2 Å². The summed E-state index contributed by atoms with van der Waals surface area (Å²) in [5.41, 5.74) is 0.465. The van der Waals surface area contributed by atoms with Crippen molar-refractivity contribution in [3.63, 3.8) is 0 Å². The number of hydrogen-bond donors (Lipinski definition) is 2. The number of phenols is 1. The van der Waals surface area contributed by atoms with E-state index in [2.05, 4.69) is 5.32 Å². The van der Waals surface area contributed by atoms with Gasteiger partial charge in [0.05, 0.1) is 24.4 Å². The SMILES string of the molecule is COc1cc(C#N)cc(NC(C)=O)c1O. The van der Waals surface area contributed by atoms with Gasteiger partial charge in [0.15, 0.2) is 11.5 Å². The molecule has 1 amide bonds. The topological polar surface area (TPSA) is 82.3 Å². The Morgan fingerprint density at radius 3 is 2.73 bits per heavy atom. The van der Waals surface area contributed by atoms with Crippen LogP contribution in [0.15, 0.2) is 12.1 Å². The monoisotopic (exact) mass is 206 g/mol. The first-order chi connectivity index (χ1) is 7.08. The average molecular weight is 206 g/mol. The van der Waals surface area contributed by atoms with Crippen molar-refractivity contribution >= 4 is 11.6 Å². The summed E-state index contributed by atoms with van der Waals surface area (Å²) in [7, 11) is 1.37. The summed E-state index contributed by atoms with van der Waals surface area (Å²) in [6, 6.07) is 4.66. The Labute approximate surface area is 86.9 Å². The molecule has 0 aliphatic rings. The molecule has 15 heavy (non-hydrogen) atoms. The Morgan fingerprint density at radius 2 is 2.27 bits per heavy atom. The molecule has 0 heterocycles. The summed E-state index contributed by atoms with van der Waals surface area (Å²) in [6.07, 6.45) is 0. The Morgan fingerprint density at radius 1 is 1.60 bits per heavy atom. The Bertz CT molecular complexity index is 435. The number of benzene rings is 1. The predicted octanol–water partition coefficient (Wildman–Crippen LogP) is 1.23. The number of carbonyl (C=O) groups is 1. The number of nitriles is 1. The minimum Gasteiger partial charge on any atom is -0.503 e. The second-order valence-electron chi connectivity index (χ2n) is 2.87. The Hall–Kier alpha value is -2.22. The van der Waals surface area contributed by atoms with Crippen LogP contribution in [0.1, 0.15) is 12.5 Å². The van der Waals surface area contributed by atoms with Crippen LogP contribution in [0.3, 0.4) is 0 Å². The van der Waals surface area contributed by atoms with Crippen LogP contribution in [0, 0.1) is 11.3 Å². The van der Waals surface area contributed by atoms with Crippen LogP contribution in [0.2, 0.25) is 0 Å². The van der Waals surface area contributed by atoms with Crippen LogP contribution in [-0.4, -0.2) is 18.1 Å². The molecule has 1 aromatic carbocycles. The number of rotatable bonds is 2. The first-order valence-corrected chi connectivity index (χ1v) is 4.17. The molecule has 0 fully saturated rings. The molecule has 0 saturated carbocycles. The smallest absolute Gasteiger partial charge is 0.221 e. The highest BCUT2D eigenvalue weighted by Gasteiger charge is 2.11. The number of methoxy groups -OCH3 is 1. The van der Waals surface area contributed by atoms with Crippen molar-refractivity contribution in [3.05, 3.63) is 17.7 Å². The van der Waals surface area contributed by atoms with Crippen LogP contribution in [0.5, 0.6) is 11.5 Å². The van der Waals surface area contributed by atoms with Crippen molar-refractivity contribution in [1.29, 1.82) is 5.26 Å². The van der Waals surface area contributed by atoms with E-state index in [9.17, 15) is 9.90 Å². The van der Waals surface area contributed by atoms with Crippen molar-refractivity contribution in [1.82, 2.24) is 0 Å². The van der Waals surface area contributed by atoms with Crippen molar-refractivity contribution in [2.45, 2.75) is 6.92 Å². The van der Waals surface area contributed by atoms with Gasteiger partial charge in [-0.25, -0.2) is 0 Å². The van der Waals surface area contributed by atoms with Gasteiger partial charge in [-0.1, -0.05) is 0 Å². The first kappa shape index (κ1) is 10.9. The number of carbonyl (C=O) groups excluding carboxylic acids is 1. The molecule has 1 rings (SSSR count). The fraction of sp³-hybridized carbons (Fsp3) is 0.200. The van der Waals surface area contributed by atoms with E-state index in [0.29, 0.717) is 5.56 Å². The molecule has 0 bridgehead atoms. The zero-order valence-electron chi connectivity index (χ0n) is 8.37. The lowest BCUT2D eigenvalue weighted by Gasteiger charge is -2.09. The Balaban J connectivity index is 3.25. The van der Waals surface area contributed by atoms with Gasteiger partial charge in [-0.05, 0) is 6.07 Å². The molecule has 78 valence electrons. The lowest BCUT2D eigenvalue weighted by Crippen LogP contribution is -2.06. The quantitative estimate of drug-likeness (QED) is 0.713. The molecule has 0 spiro atoms. The summed E-state index contributed by atoms with van der Waals surface area (Å²) >= 11 is 0. The highest BCUT2D eigenvalue weighted by molar-refractivity contribution is 5.91. The third kappa shape index (κ3) is 2.38. The number of ether oxygens (including phenoxy) is 1. The minimum absolute atomic E-state index is 0.151. The van der Waals surface area contributed by atoms with Gasteiger partial charge >= 0.3 is 0 Å². The fourth-order valence-electron chi connectivity index (χ4n) is 1.11. The van der Waals surface area contributed by atoms with Crippen molar-refractivity contribution in [2.24, 2.45) is 0 Å². The van der Waals surface area contributed by atoms with Crippen molar-refractivity contribution in [2.75, 3.05) is 12.4 Å². The van der Waals surface area contributed by atoms with E-state index in [0.717, 1.165) is 0 Å². The molecule has 0 atom stereocenters. The van der Waals surface area contributed by atoms with Gasteiger partial charge in [0, 0.05) is 13.0 Å². The lowest BCUT2D eigenvalue weighted by atomic mass is 10.2. The predicted molar refractivity (Wildman–Crippen MR) is 53.7 cm³/mol. The van der Waals surface area contributed by atoms with Crippen molar-refractivity contribution in [3.8, 4) is 17.6 Å². The van der Waals surface area contributed by atoms with Crippen LogP contribution < -0.4 is 10.1 Å². The lowest BCUT2D eigenvalue weighted by molar-refractivity contribution is -0.114. The summed E-state index contributed by atoms with van der Waals surface area (Å²) in [5, 5.41) is 20.7. The van der Waals surface area contributed by atoms with Crippen LogP contribution >= 0.6 is 0 Å². The van der Waals surface area contributed by atoms with Crippen LogP contribution in [-0.2, 0) is 4.79 Å². The first-order valence-electron chi connectivity index (χ1n) is 4.17. The number of aromatic hydroxyl groups is 1. The van der Waals surface area contributed by atoms with Gasteiger partial charge in [0.2, 0.25) is 5.91 Å². The van der Waals surface area contributed by atoms with E-state index >= 15 is 0 Å². The van der Waals surface area contributed by atoms with Gasteiger partial charge in [0.25, 0.3) is 0 Å². The van der Waals surface area contributed by atoms with E-state index in [4.69, 9.17) is 10.00 Å². The van der Waals surface area contributed by atoms with E-state index in [1.807, 2.05) is 6.07 Å². The fourth-order valence-corrected chi connectivity index (χ4v) is 1.11. The summed E-state index contributed by atoms with van der Waals surface area (Å²) in [6.45, 7) is 1.31. The van der Waals surface area contributed by atoms with Gasteiger partial charge in [-0.15, -0.1) is 0 Å². The summed E-state index contributed by atoms with van der Waals surface area (Å²) in [4.78, 5) is 10.8. The van der Waals surface area contributed by atoms with Gasteiger partial charge in [-0.2, -0.15) is 5.26 Å². The number of phenolic OH excluding ortho intramolecular Hbond substituents is 1. The molecule has 0 aromatic heterocycles. The second kappa shape index (κ2) is 4.33. The van der Waals surface area contributed by atoms with E-state index < -0.39 is 0 Å². The standard InChI is InChI=1S/C10H10N2O3/c1-6(13)12-8-3-7(5-11)4-9(15-2)10(8)14/h3-4,14H,1-2H3,(H,12,13). The summed E-state index contributed by atoms with van der Waals surface area (Å²) in [5.74, 6) is -0.369. The molecule has 2 N–H and O–H groups in total. The zero-order valence-corrected chi connectivity index (χ0v) is 8.37. The average Bonchev–Trinajstić information content (AvgIpc) is 2.20. The third-order valence-electron chi connectivity index (χ3n) is 1.73. The minimum atomic E-state index is -0.331. The molecule has 5 nitrogen and oxygen atoms in total. The molecule has 1 aromatic rings. The second-order valence-corrected chi connectivity index (χ2v) is 2.87. The number of nitrogens with zero attached hydrogens (tertiary/aromatic N) is 1. The molecule has 0 aliphatic carbocycles. The van der Waals surface area contributed by atoms with Crippen molar-refractivity contribution < 1.29 is 14.6 Å². The van der Waals surface area contributed by atoms with Gasteiger partial charge in [0.1, 0.15) is 0 Å².